The molecule has 0 radical (unpaired) electrons. The Morgan fingerprint density at radius 2 is 1.77 bits per heavy atom. The number of amides is 5. The molecule has 0 bridgehead atoms. The van der Waals surface area contributed by atoms with Gasteiger partial charge in [0.1, 0.15) is 35.9 Å². The second-order valence-electron chi connectivity index (χ2n) is 17.0. The van der Waals surface area contributed by atoms with Crippen LogP contribution in [-0.2, 0) is 19.1 Å². The number of carbonyl (C=O) groups is 5. The molecular weight excluding hydrogens is 845 g/mol. The molecule has 334 valence electrons. The molecule has 0 spiro atoms. The van der Waals surface area contributed by atoms with E-state index in [-0.39, 0.29) is 47.0 Å². The lowest BCUT2D eigenvalue weighted by molar-refractivity contribution is -0.136. The molecule has 18 heteroatoms. The smallest absolute Gasteiger partial charge is 0.262 e. The molecule has 16 nitrogen and oxygen atoms in total. The van der Waals surface area contributed by atoms with Crippen LogP contribution in [0.1, 0.15) is 65.7 Å². The quantitative estimate of drug-likeness (QED) is 0.0973. The molecule has 6 heterocycles. The summed E-state index contributed by atoms with van der Waals surface area (Å²) in [5, 5.41) is 12.6. The number of carbonyl (C=O) groups excluding carboxylic acids is 5. The van der Waals surface area contributed by atoms with E-state index in [1.54, 1.807) is 36.4 Å². The highest BCUT2D eigenvalue weighted by Crippen LogP contribution is 2.36. The van der Waals surface area contributed by atoms with Gasteiger partial charge in [0.25, 0.3) is 11.8 Å². The average Bonchev–Trinajstić information content (AvgIpc) is 3.88. The van der Waals surface area contributed by atoms with E-state index in [0.29, 0.717) is 59.5 Å². The molecule has 64 heavy (non-hydrogen) atoms. The zero-order valence-corrected chi connectivity index (χ0v) is 35.9. The van der Waals surface area contributed by atoms with Gasteiger partial charge in [0.2, 0.25) is 17.7 Å². The van der Waals surface area contributed by atoms with Crippen LogP contribution >= 0.6 is 11.6 Å². The van der Waals surface area contributed by atoms with Crippen LogP contribution in [0.2, 0.25) is 5.02 Å². The summed E-state index contributed by atoms with van der Waals surface area (Å²) < 4.78 is 25.6. The topological polar surface area (TPSA) is 187 Å². The standard InChI is InChI=1S/C46H49ClFN9O7/c47-35-20-29(6-8-36(35)48)52-43-34-21-38(40(22-37(34)49-26-50-43)64-31-13-18-63-25-31)53-41(58)4-2-14-55-16-11-27(12-17-55)23-56-15-1-3-30(24-56)51-28-5-7-32-33(19-28)46(62)57(45(32)61)39-9-10-42(59)54-44(39)60/h2,4-8,19-22,26-27,30-31,39,51H,1,3,9-18,23-25H2,(H,53,58)(H,49,50,52)(H,54,59,60)/b4-2+/t30-,31?,39?/m1/s1. The lowest BCUT2D eigenvalue weighted by atomic mass is 9.94. The molecule has 3 aromatic carbocycles. The minimum absolute atomic E-state index is 0.0248. The van der Waals surface area contributed by atoms with E-state index in [0.717, 1.165) is 75.4 Å². The summed E-state index contributed by atoms with van der Waals surface area (Å²) in [4.78, 5) is 78.7. The number of nitrogens with one attached hydrogen (secondary N) is 4. The summed E-state index contributed by atoms with van der Waals surface area (Å²) in [6, 6.07) is 12.2. The molecule has 4 saturated heterocycles. The molecule has 0 saturated carbocycles. The number of imide groups is 2. The van der Waals surface area contributed by atoms with Gasteiger partial charge in [-0.1, -0.05) is 17.7 Å². The van der Waals surface area contributed by atoms with Crippen LogP contribution in [0, 0.1) is 11.7 Å². The number of hydrogen-bond donors (Lipinski definition) is 4. The Morgan fingerprint density at radius 3 is 2.56 bits per heavy atom. The molecule has 3 atom stereocenters. The lowest BCUT2D eigenvalue weighted by Gasteiger charge is -2.38. The molecule has 5 amide bonds. The summed E-state index contributed by atoms with van der Waals surface area (Å²) in [6.07, 6.45) is 9.70. The third kappa shape index (κ3) is 9.72. The van der Waals surface area contributed by atoms with Crippen LogP contribution in [0.25, 0.3) is 10.9 Å². The normalized spacial score (nSPS) is 22.3. The van der Waals surface area contributed by atoms with Gasteiger partial charge in [0.15, 0.2) is 0 Å². The van der Waals surface area contributed by atoms with Crippen LogP contribution in [0.4, 0.5) is 27.3 Å². The summed E-state index contributed by atoms with van der Waals surface area (Å²) in [5.41, 5.74) is 2.87. The van der Waals surface area contributed by atoms with Gasteiger partial charge >= 0.3 is 0 Å². The van der Waals surface area contributed by atoms with Gasteiger partial charge in [-0.05, 0) is 100 Å². The highest BCUT2D eigenvalue weighted by Gasteiger charge is 2.44. The monoisotopic (exact) mass is 893 g/mol. The van der Waals surface area contributed by atoms with Crippen molar-refractivity contribution in [1.82, 2.24) is 30.0 Å². The number of piperidine rings is 3. The van der Waals surface area contributed by atoms with E-state index >= 15 is 0 Å². The van der Waals surface area contributed by atoms with Crippen LogP contribution < -0.4 is 26.0 Å². The molecule has 4 fully saturated rings. The molecule has 0 aliphatic carbocycles. The Labute approximate surface area is 373 Å². The first-order valence-electron chi connectivity index (χ1n) is 21.8. The van der Waals surface area contributed by atoms with Crippen molar-refractivity contribution in [2.45, 2.75) is 63.1 Å². The maximum atomic E-state index is 13.8. The Hall–Kier alpha value is -6.01. The van der Waals surface area contributed by atoms with Crippen molar-refractivity contribution in [2.24, 2.45) is 5.92 Å². The molecule has 5 aliphatic rings. The minimum Gasteiger partial charge on any atom is -0.486 e. The van der Waals surface area contributed by atoms with Crippen molar-refractivity contribution in [2.75, 3.05) is 68.4 Å². The highest BCUT2D eigenvalue weighted by molar-refractivity contribution is 6.31. The third-order valence-corrected chi connectivity index (χ3v) is 12.8. The fraction of sp³-hybridized carbons (Fsp3) is 0.413. The first-order valence-corrected chi connectivity index (χ1v) is 22.2. The molecule has 2 unspecified atom stereocenters. The second kappa shape index (κ2) is 19.0. The number of likely N-dealkylation sites (tertiary alicyclic amines) is 2. The van der Waals surface area contributed by atoms with Gasteiger partial charge in [0, 0.05) is 67.4 Å². The van der Waals surface area contributed by atoms with Gasteiger partial charge in [-0.2, -0.15) is 0 Å². The van der Waals surface area contributed by atoms with Crippen LogP contribution in [0.5, 0.6) is 5.75 Å². The number of aromatic nitrogens is 2. The molecular formula is C46H49ClFN9O7. The zero-order chi connectivity index (χ0) is 44.3. The average molecular weight is 894 g/mol. The predicted octanol–water partition coefficient (Wildman–Crippen LogP) is 5.52. The summed E-state index contributed by atoms with van der Waals surface area (Å²) in [6.45, 7) is 6.39. The van der Waals surface area contributed by atoms with E-state index in [1.165, 1.54) is 18.5 Å². The molecule has 4 aromatic rings. The number of anilines is 4. The van der Waals surface area contributed by atoms with Crippen molar-refractivity contribution < 1.29 is 37.8 Å². The summed E-state index contributed by atoms with van der Waals surface area (Å²) in [7, 11) is 0. The number of ether oxygens (including phenoxy) is 2. The van der Waals surface area contributed by atoms with Crippen LogP contribution in [0.3, 0.4) is 0 Å². The van der Waals surface area contributed by atoms with E-state index in [2.05, 4.69) is 41.0 Å². The predicted molar refractivity (Wildman–Crippen MR) is 237 cm³/mol. The first kappa shape index (κ1) is 43.3. The number of halogens is 2. The number of hydrogen-bond acceptors (Lipinski definition) is 13. The first-order chi connectivity index (χ1) is 31.0. The van der Waals surface area contributed by atoms with Gasteiger partial charge < -0.3 is 30.3 Å². The molecule has 1 aromatic heterocycles. The van der Waals surface area contributed by atoms with Crippen LogP contribution in [-0.4, -0.2) is 125 Å². The van der Waals surface area contributed by atoms with Gasteiger partial charge in [-0.15, -0.1) is 0 Å². The maximum absolute atomic E-state index is 13.8. The largest absolute Gasteiger partial charge is 0.486 e. The van der Waals surface area contributed by atoms with E-state index < -0.39 is 35.5 Å². The van der Waals surface area contributed by atoms with Crippen molar-refractivity contribution in [3.05, 3.63) is 89.0 Å². The molecule has 4 N–H and O–H groups in total. The fourth-order valence-electron chi connectivity index (χ4n) is 9.21. The number of fused-ring (bicyclic) bond motifs is 2. The fourth-order valence-corrected chi connectivity index (χ4v) is 9.39. The third-order valence-electron chi connectivity index (χ3n) is 12.5. The Balaban J connectivity index is 0.760. The van der Waals surface area contributed by atoms with E-state index in [9.17, 15) is 28.4 Å². The van der Waals surface area contributed by atoms with Crippen molar-refractivity contribution in [3.8, 4) is 5.75 Å². The van der Waals surface area contributed by atoms with Gasteiger partial charge in [-0.25, -0.2) is 14.4 Å². The second-order valence-corrected chi connectivity index (χ2v) is 17.4. The van der Waals surface area contributed by atoms with E-state index in [4.69, 9.17) is 21.1 Å². The lowest BCUT2D eigenvalue weighted by Crippen LogP contribution is -2.54. The Bertz CT molecular complexity index is 2510. The van der Waals surface area contributed by atoms with Gasteiger partial charge in [-0.3, -0.25) is 39.1 Å². The summed E-state index contributed by atoms with van der Waals surface area (Å²) >= 11 is 6.02. The summed E-state index contributed by atoms with van der Waals surface area (Å²) in [5.74, 6) is -1.42. The highest BCUT2D eigenvalue weighted by atomic mass is 35.5. The van der Waals surface area contributed by atoms with Crippen molar-refractivity contribution in [3.63, 3.8) is 0 Å². The maximum Gasteiger partial charge on any atom is 0.262 e. The van der Waals surface area contributed by atoms with Crippen molar-refractivity contribution in [1.29, 1.82) is 0 Å². The number of nitrogens with zero attached hydrogens (tertiary/aromatic N) is 5. The van der Waals surface area contributed by atoms with E-state index in [1.807, 2.05) is 12.1 Å². The molecule has 9 rings (SSSR count). The number of rotatable bonds is 13. The molecule has 5 aliphatic heterocycles. The Morgan fingerprint density at radius 1 is 0.938 bits per heavy atom. The number of benzene rings is 3. The zero-order valence-electron chi connectivity index (χ0n) is 35.1. The van der Waals surface area contributed by atoms with Gasteiger partial charge in [0.05, 0.1) is 40.6 Å². The Kier molecular flexibility index (Phi) is 12.8. The van der Waals surface area contributed by atoms with Crippen LogP contribution in [0.15, 0.2) is 67.0 Å². The minimum atomic E-state index is -0.994. The van der Waals surface area contributed by atoms with Crippen molar-refractivity contribution >= 4 is 74.9 Å². The SMILES string of the molecule is O=C(/C=C/CN1CCC(CN2CCC[C@@H](Nc3ccc4c(c3)C(=O)N(C3CCC(=O)NC3=O)C4=O)C2)CC1)Nc1cc2c(Nc3ccc(F)c(Cl)c3)ncnc2cc1OC1CCOC1.